The highest BCUT2D eigenvalue weighted by Gasteiger charge is 2.72. The van der Waals surface area contributed by atoms with Crippen LogP contribution in [0.25, 0.3) is 16.5 Å². The van der Waals surface area contributed by atoms with Gasteiger partial charge in [-0.15, -0.1) is 0 Å². The number of aromatic nitrogens is 1. The summed E-state index contributed by atoms with van der Waals surface area (Å²) in [5.41, 5.74) is 2.68. The number of benzene rings is 1. The molecule has 7 rings (SSSR count). The number of H-pyrrole nitrogens is 1. The van der Waals surface area contributed by atoms with Crippen LogP contribution in [0.1, 0.15) is 58.1 Å². The van der Waals surface area contributed by atoms with Crippen LogP contribution >= 0.6 is 15.9 Å². The van der Waals surface area contributed by atoms with Crippen molar-refractivity contribution in [3.05, 3.63) is 40.0 Å². The van der Waals surface area contributed by atoms with Crippen LogP contribution in [0.5, 0.6) is 0 Å². The zero-order chi connectivity index (χ0) is 30.6. The largest absolute Gasteiger partial charge is 0.349 e. The van der Waals surface area contributed by atoms with Crippen LogP contribution in [0, 0.1) is 17.8 Å². The van der Waals surface area contributed by atoms with E-state index in [4.69, 9.17) is 4.74 Å². The predicted octanol–water partition coefficient (Wildman–Crippen LogP) is 3.19. The molecule has 43 heavy (non-hydrogen) atoms. The average molecular weight is 655 g/mol. The number of aromatic amines is 1. The van der Waals surface area contributed by atoms with E-state index in [1.54, 1.807) is 18.7 Å². The van der Waals surface area contributed by atoms with Gasteiger partial charge >= 0.3 is 0 Å². The molecule has 6 atom stereocenters. The van der Waals surface area contributed by atoms with Crippen LogP contribution in [0.4, 0.5) is 0 Å². The van der Waals surface area contributed by atoms with Crippen molar-refractivity contribution in [1.29, 1.82) is 0 Å². The van der Waals surface area contributed by atoms with Gasteiger partial charge in [-0.2, -0.15) is 0 Å². The molecule has 3 N–H and O–H groups in total. The van der Waals surface area contributed by atoms with Crippen molar-refractivity contribution in [1.82, 2.24) is 25.0 Å². The molecule has 10 nitrogen and oxygen atoms in total. The summed E-state index contributed by atoms with van der Waals surface area (Å²) in [7, 11) is 2.03. The lowest BCUT2D eigenvalue weighted by Crippen LogP contribution is -2.71. The molecule has 1 aromatic carbocycles. The maximum absolute atomic E-state index is 14.4. The summed E-state index contributed by atoms with van der Waals surface area (Å²) in [4.78, 5) is 50.8. The van der Waals surface area contributed by atoms with E-state index in [0.29, 0.717) is 25.9 Å². The molecule has 1 aromatic heterocycles. The minimum atomic E-state index is -2.01. The van der Waals surface area contributed by atoms with Gasteiger partial charge in [-0.1, -0.05) is 45.9 Å². The second kappa shape index (κ2) is 9.89. The summed E-state index contributed by atoms with van der Waals surface area (Å²) in [6.45, 7) is 8.57. The molecule has 3 amide bonds. The molecule has 11 heteroatoms. The molecule has 1 aliphatic carbocycles. The topological polar surface area (TPSA) is 118 Å². The number of carbonyl (C=O) groups excluding carboxylic acids is 3. The van der Waals surface area contributed by atoms with Gasteiger partial charge in [0.15, 0.2) is 0 Å². The Hall–Kier alpha value is -2.73. The van der Waals surface area contributed by atoms with Gasteiger partial charge in [0.05, 0.1) is 10.5 Å². The molecular formula is C32H40BrN5O5. The number of nitrogens with one attached hydrogen (secondary N) is 2. The first kappa shape index (κ1) is 29.0. The van der Waals surface area contributed by atoms with Gasteiger partial charge in [-0.25, -0.2) is 0 Å². The molecule has 5 unspecified atom stereocenters. The van der Waals surface area contributed by atoms with E-state index in [0.717, 1.165) is 34.1 Å². The van der Waals surface area contributed by atoms with E-state index >= 15 is 0 Å². The zero-order valence-electron chi connectivity index (χ0n) is 25.3. The second-order valence-electron chi connectivity index (χ2n) is 13.7. The fraction of sp³-hybridized carbons (Fsp3) is 0.594. The summed E-state index contributed by atoms with van der Waals surface area (Å²) >= 11 is 3.70. The van der Waals surface area contributed by atoms with Gasteiger partial charge in [0, 0.05) is 36.0 Å². The van der Waals surface area contributed by atoms with Crippen molar-refractivity contribution in [2.75, 3.05) is 20.1 Å². The number of likely N-dealkylation sites (N-methyl/N-ethyl adjacent to an activating group) is 1. The molecule has 4 aliphatic heterocycles. The second-order valence-corrected chi connectivity index (χ2v) is 14.5. The molecule has 3 saturated heterocycles. The Morgan fingerprint density at radius 2 is 2.02 bits per heavy atom. The molecule has 5 aliphatic rings. The molecule has 3 fully saturated rings. The zero-order valence-corrected chi connectivity index (χ0v) is 26.9. The lowest BCUT2D eigenvalue weighted by molar-refractivity contribution is -0.322. The number of rotatable bonds is 5. The minimum absolute atomic E-state index is 0.104. The molecule has 230 valence electrons. The third-order valence-electron chi connectivity index (χ3n) is 10.3. The van der Waals surface area contributed by atoms with E-state index in [-0.39, 0.29) is 23.8 Å². The molecule has 2 aromatic rings. The van der Waals surface area contributed by atoms with E-state index in [1.165, 1.54) is 15.8 Å². The number of piperazine rings is 1. The Bertz CT molecular complexity index is 1570. The molecule has 0 spiro atoms. The van der Waals surface area contributed by atoms with Gasteiger partial charge in [-0.3, -0.25) is 28.9 Å². The van der Waals surface area contributed by atoms with Crippen molar-refractivity contribution in [2.45, 2.75) is 83.1 Å². The Kier molecular flexibility index (Phi) is 6.67. The molecular weight excluding hydrogens is 614 g/mol. The number of hydrogen-bond donors (Lipinski definition) is 3. The minimum Gasteiger partial charge on any atom is -0.349 e. The van der Waals surface area contributed by atoms with E-state index in [9.17, 15) is 19.5 Å². The Morgan fingerprint density at radius 3 is 2.74 bits per heavy atom. The van der Waals surface area contributed by atoms with Crippen LogP contribution in [-0.4, -0.2) is 92.4 Å². The number of amides is 3. The number of ether oxygens (including phenoxy) is 1. The summed E-state index contributed by atoms with van der Waals surface area (Å²) in [5, 5.41) is 16.3. The lowest BCUT2D eigenvalue weighted by atomic mass is 9.79. The van der Waals surface area contributed by atoms with Crippen molar-refractivity contribution in [2.24, 2.45) is 17.8 Å². The third-order valence-corrected chi connectivity index (χ3v) is 10.9. The number of halogens is 1. The van der Waals surface area contributed by atoms with Crippen LogP contribution in [0.15, 0.2) is 28.9 Å². The fourth-order valence-corrected chi connectivity index (χ4v) is 8.72. The Morgan fingerprint density at radius 1 is 1.26 bits per heavy atom. The Balaban J connectivity index is 1.25. The van der Waals surface area contributed by atoms with Crippen molar-refractivity contribution in [3.8, 4) is 0 Å². The van der Waals surface area contributed by atoms with Gasteiger partial charge in [0.1, 0.15) is 12.1 Å². The number of hydrogen-bond acceptors (Lipinski definition) is 6. The van der Waals surface area contributed by atoms with Gasteiger partial charge in [0.25, 0.3) is 11.8 Å². The fourth-order valence-electron chi connectivity index (χ4n) is 8.15. The van der Waals surface area contributed by atoms with Crippen molar-refractivity contribution in [3.63, 3.8) is 0 Å². The van der Waals surface area contributed by atoms with E-state index in [1.807, 2.05) is 33.0 Å². The van der Waals surface area contributed by atoms with Gasteiger partial charge in [0.2, 0.25) is 17.5 Å². The monoisotopic (exact) mass is 653 g/mol. The number of aliphatic hydroxyl groups is 1. The number of carbonyl (C=O) groups is 3. The summed E-state index contributed by atoms with van der Waals surface area (Å²) in [6.07, 6.45) is 4.49. The first-order chi connectivity index (χ1) is 20.4. The highest BCUT2D eigenvalue weighted by atomic mass is 79.9. The van der Waals surface area contributed by atoms with Crippen LogP contribution in [-0.2, 0) is 25.5 Å². The molecule has 5 heterocycles. The number of fused-ring (bicyclic) bond motifs is 5. The van der Waals surface area contributed by atoms with E-state index in [2.05, 4.69) is 43.3 Å². The summed E-state index contributed by atoms with van der Waals surface area (Å²) in [5.74, 6) is -4.01. The highest BCUT2D eigenvalue weighted by Crippen LogP contribution is 2.49. The molecule has 0 saturated carbocycles. The van der Waals surface area contributed by atoms with Crippen molar-refractivity contribution >= 4 is 50.1 Å². The van der Waals surface area contributed by atoms with Crippen LogP contribution < -0.4 is 5.32 Å². The third kappa shape index (κ3) is 4.04. The number of nitrogens with zero attached hydrogens (tertiary/aromatic N) is 3. The summed E-state index contributed by atoms with van der Waals surface area (Å²) in [6, 6.07) is 4.76. The summed E-state index contributed by atoms with van der Waals surface area (Å²) < 4.78 is 7.43. The SMILES string of the molecule is CC(C)CC1C(=O)N2CCCC2C2(O)O[C@@](NC(=O)C3C=C4c5cccc6[nH]c(Br)c(c56)CC4N(C)C3)(C(C)C)C(=O)N12. The van der Waals surface area contributed by atoms with E-state index < -0.39 is 41.5 Å². The maximum Gasteiger partial charge on any atom is 0.281 e. The van der Waals surface area contributed by atoms with Crippen molar-refractivity contribution < 1.29 is 24.2 Å². The Labute approximate surface area is 259 Å². The molecule has 0 radical (unpaired) electrons. The standard InChI is InChI=1S/C32H40BrN5O5/c1-16(2)12-24-29(40)37-11-7-10-25(37)32(42)38(24)30(41)31(43-32,17(3)4)35-28(39)18-13-20-19-8-6-9-22-26(19)21(27(33)34-22)14-23(20)36(5)15-18/h6,8-9,13,16-18,23-25,34,42H,7,10-12,14-15H2,1-5H3,(H,35,39)/t18?,23?,24?,25?,31-,32?/m0/s1. The van der Waals surface area contributed by atoms with Crippen LogP contribution in [0.3, 0.4) is 0 Å². The highest BCUT2D eigenvalue weighted by molar-refractivity contribution is 9.10. The quantitative estimate of drug-likeness (QED) is 0.456. The normalized spacial score (nSPS) is 33.7. The van der Waals surface area contributed by atoms with Crippen LogP contribution in [0.2, 0.25) is 0 Å². The smallest absolute Gasteiger partial charge is 0.281 e. The first-order valence-electron chi connectivity index (χ1n) is 15.5. The lowest BCUT2D eigenvalue weighted by Gasteiger charge is -2.49. The van der Waals surface area contributed by atoms with Gasteiger partial charge in [-0.05, 0) is 77.3 Å². The molecule has 0 bridgehead atoms. The average Bonchev–Trinajstić information content (AvgIpc) is 3.63. The first-order valence-corrected chi connectivity index (χ1v) is 16.3. The maximum atomic E-state index is 14.4. The van der Waals surface area contributed by atoms with Gasteiger partial charge < -0.3 is 20.3 Å². The predicted molar refractivity (Wildman–Crippen MR) is 164 cm³/mol.